The van der Waals surface area contributed by atoms with Gasteiger partial charge in [-0.05, 0) is 78.4 Å². The monoisotopic (exact) mass is 562 g/mol. The van der Waals surface area contributed by atoms with Gasteiger partial charge in [0.05, 0.1) is 19.3 Å². The van der Waals surface area contributed by atoms with Crippen LogP contribution in [0.3, 0.4) is 0 Å². The summed E-state index contributed by atoms with van der Waals surface area (Å²) < 4.78 is 11.2. The third kappa shape index (κ3) is 11.2. The third-order valence-electron chi connectivity index (χ3n) is 6.47. The number of carboxylic acid groups (broad SMARTS) is 2. The SMILES string of the molecule is COc1ccc(CCCCCCCCOc2ccc(CSCc3cccc(C(=O)O)c3)cc2C=CC(=O)O)cc1. The molecule has 0 amide bonds. The maximum Gasteiger partial charge on any atom is 0.335 e. The fraction of sp³-hybridized carbons (Fsp3) is 0.333. The number of aryl methyl sites for hydroxylation is 1. The zero-order chi connectivity index (χ0) is 28.6. The molecule has 0 unspecified atom stereocenters. The van der Waals surface area contributed by atoms with Gasteiger partial charge in [-0.1, -0.05) is 56.0 Å². The van der Waals surface area contributed by atoms with Crippen LogP contribution in [0.1, 0.15) is 71.1 Å². The quantitative estimate of drug-likeness (QED) is 0.120. The van der Waals surface area contributed by atoms with E-state index in [1.807, 2.05) is 36.4 Å². The molecule has 0 heterocycles. The van der Waals surface area contributed by atoms with Gasteiger partial charge in [0, 0.05) is 23.1 Å². The van der Waals surface area contributed by atoms with Gasteiger partial charge in [-0.25, -0.2) is 9.59 Å². The second-order valence-corrected chi connectivity index (χ2v) is 10.6. The molecule has 0 saturated heterocycles. The van der Waals surface area contributed by atoms with Crippen molar-refractivity contribution in [1.82, 2.24) is 0 Å². The van der Waals surface area contributed by atoms with Crippen LogP contribution in [0, 0.1) is 0 Å². The molecule has 40 heavy (non-hydrogen) atoms. The molecule has 6 nitrogen and oxygen atoms in total. The Morgan fingerprint density at radius 2 is 1.48 bits per heavy atom. The van der Waals surface area contributed by atoms with Gasteiger partial charge in [-0.3, -0.25) is 0 Å². The minimum absolute atomic E-state index is 0.283. The van der Waals surface area contributed by atoms with Gasteiger partial charge in [-0.2, -0.15) is 11.8 Å². The number of ether oxygens (including phenoxy) is 2. The highest BCUT2D eigenvalue weighted by Crippen LogP contribution is 2.26. The lowest BCUT2D eigenvalue weighted by Gasteiger charge is -2.12. The van der Waals surface area contributed by atoms with Crippen molar-refractivity contribution in [2.75, 3.05) is 13.7 Å². The molecule has 0 aromatic heterocycles. The van der Waals surface area contributed by atoms with Gasteiger partial charge in [-0.15, -0.1) is 0 Å². The Labute approximate surface area is 241 Å². The van der Waals surface area contributed by atoms with E-state index in [0.717, 1.165) is 47.8 Å². The van der Waals surface area contributed by atoms with Crippen LogP contribution in [0.4, 0.5) is 0 Å². The minimum Gasteiger partial charge on any atom is -0.497 e. The van der Waals surface area contributed by atoms with Crippen molar-refractivity contribution in [1.29, 1.82) is 0 Å². The van der Waals surface area contributed by atoms with Gasteiger partial charge in [0.25, 0.3) is 0 Å². The summed E-state index contributed by atoms with van der Waals surface area (Å²) in [5, 5.41) is 18.3. The molecule has 3 aromatic rings. The zero-order valence-corrected chi connectivity index (χ0v) is 23.8. The highest BCUT2D eigenvalue weighted by Gasteiger charge is 2.07. The molecule has 0 atom stereocenters. The molecule has 0 saturated carbocycles. The van der Waals surface area contributed by atoms with E-state index in [2.05, 4.69) is 12.1 Å². The molecule has 0 fully saturated rings. The number of hydrogen-bond acceptors (Lipinski definition) is 5. The molecule has 0 bridgehead atoms. The van der Waals surface area contributed by atoms with Gasteiger partial charge < -0.3 is 19.7 Å². The maximum absolute atomic E-state index is 11.2. The van der Waals surface area contributed by atoms with Crippen LogP contribution >= 0.6 is 11.8 Å². The van der Waals surface area contributed by atoms with E-state index >= 15 is 0 Å². The second kappa shape index (κ2) is 17.1. The predicted molar refractivity (Wildman–Crippen MR) is 161 cm³/mol. The first-order valence-corrected chi connectivity index (χ1v) is 14.8. The standard InChI is InChI=1S/C33H38O6S/c1-38-30-16-12-25(13-17-30)9-6-4-2-3-5-7-20-39-31-18-14-27(21-28(31)15-19-32(34)35)24-40-23-26-10-8-11-29(22-26)33(36)37/h8,10-19,21-22H,2-7,9,20,23-24H2,1H3,(H,34,35)(H,36,37). The Morgan fingerprint density at radius 1 is 0.800 bits per heavy atom. The summed E-state index contributed by atoms with van der Waals surface area (Å²) in [6.45, 7) is 0.591. The maximum atomic E-state index is 11.2. The van der Waals surface area contributed by atoms with Crippen LogP contribution in [0.2, 0.25) is 0 Å². The molecule has 0 aliphatic carbocycles. The average Bonchev–Trinajstić information content (AvgIpc) is 2.96. The van der Waals surface area contributed by atoms with Gasteiger partial charge in [0.2, 0.25) is 0 Å². The van der Waals surface area contributed by atoms with Crippen molar-refractivity contribution in [2.45, 2.75) is 56.5 Å². The Hall–Kier alpha value is -3.71. The summed E-state index contributed by atoms with van der Waals surface area (Å²) in [5.41, 5.74) is 4.37. The van der Waals surface area contributed by atoms with Crippen molar-refractivity contribution < 1.29 is 29.3 Å². The smallest absolute Gasteiger partial charge is 0.335 e. The van der Waals surface area contributed by atoms with E-state index in [9.17, 15) is 14.7 Å². The summed E-state index contributed by atoms with van der Waals surface area (Å²) >= 11 is 1.67. The fourth-order valence-electron chi connectivity index (χ4n) is 4.30. The number of aromatic carboxylic acids is 1. The Balaban J connectivity index is 1.39. The van der Waals surface area contributed by atoms with E-state index < -0.39 is 11.9 Å². The average molecular weight is 563 g/mol. The number of hydrogen-bond donors (Lipinski definition) is 2. The van der Waals surface area contributed by atoms with E-state index in [1.54, 1.807) is 43.1 Å². The molecule has 2 N–H and O–H groups in total. The van der Waals surface area contributed by atoms with Crippen LogP contribution in [-0.4, -0.2) is 35.9 Å². The lowest BCUT2D eigenvalue weighted by Crippen LogP contribution is -2.00. The number of thioether (sulfide) groups is 1. The van der Waals surface area contributed by atoms with Crippen molar-refractivity contribution in [3.63, 3.8) is 0 Å². The Bertz CT molecular complexity index is 1250. The number of rotatable bonds is 18. The van der Waals surface area contributed by atoms with E-state index in [-0.39, 0.29) is 5.56 Å². The van der Waals surface area contributed by atoms with Crippen molar-refractivity contribution in [3.8, 4) is 11.5 Å². The van der Waals surface area contributed by atoms with E-state index in [4.69, 9.17) is 14.6 Å². The molecule has 3 rings (SSSR count). The number of methoxy groups -OCH3 is 1. The summed E-state index contributed by atoms with van der Waals surface area (Å²) in [6, 6.07) is 21.1. The fourth-order valence-corrected chi connectivity index (χ4v) is 5.24. The predicted octanol–water partition coefficient (Wildman–Crippen LogP) is 7.89. The molecular weight excluding hydrogens is 524 g/mol. The largest absolute Gasteiger partial charge is 0.497 e. The zero-order valence-electron chi connectivity index (χ0n) is 23.0. The lowest BCUT2D eigenvalue weighted by atomic mass is 10.0. The number of carboxylic acids is 2. The van der Waals surface area contributed by atoms with Gasteiger partial charge in [0.1, 0.15) is 11.5 Å². The first-order chi connectivity index (χ1) is 19.4. The van der Waals surface area contributed by atoms with E-state index in [1.165, 1.54) is 31.2 Å². The number of benzene rings is 3. The third-order valence-corrected chi connectivity index (χ3v) is 7.54. The van der Waals surface area contributed by atoms with Crippen molar-refractivity contribution >= 4 is 29.8 Å². The first-order valence-electron chi connectivity index (χ1n) is 13.6. The number of aliphatic carboxylic acids is 1. The van der Waals surface area contributed by atoms with Crippen LogP contribution in [0.5, 0.6) is 11.5 Å². The summed E-state index contributed by atoms with van der Waals surface area (Å²) in [5.74, 6) is 1.03. The van der Waals surface area contributed by atoms with E-state index in [0.29, 0.717) is 23.9 Å². The normalized spacial score (nSPS) is 11.0. The molecule has 0 radical (unpaired) electrons. The lowest BCUT2D eigenvalue weighted by molar-refractivity contribution is -0.131. The minimum atomic E-state index is -1.00. The molecule has 0 aliphatic heterocycles. The van der Waals surface area contributed by atoms with Crippen LogP contribution in [0.25, 0.3) is 6.08 Å². The second-order valence-electron chi connectivity index (χ2n) is 9.61. The molecule has 7 heteroatoms. The van der Waals surface area contributed by atoms with Gasteiger partial charge >= 0.3 is 11.9 Å². The Kier molecular flexibility index (Phi) is 13.2. The molecule has 3 aromatic carbocycles. The van der Waals surface area contributed by atoms with Crippen LogP contribution in [-0.2, 0) is 22.7 Å². The topological polar surface area (TPSA) is 93.1 Å². The molecule has 0 aliphatic rings. The molecule has 212 valence electrons. The number of unbranched alkanes of at least 4 members (excludes halogenated alkanes) is 5. The van der Waals surface area contributed by atoms with Crippen LogP contribution < -0.4 is 9.47 Å². The van der Waals surface area contributed by atoms with Crippen molar-refractivity contribution in [2.24, 2.45) is 0 Å². The number of carbonyl (C=O) groups is 2. The highest BCUT2D eigenvalue weighted by molar-refractivity contribution is 7.97. The Morgan fingerprint density at radius 3 is 2.17 bits per heavy atom. The van der Waals surface area contributed by atoms with Gasteiger partial charge in [0.15, 0.2) is 0 Å². The summed E-state index contributed by atoms with van der Waals surface area (Å²) in [6.07, 6.45) is 10.6. The first kappa shape index (κ1) is 30.8. The van der Waals surface area contributed by atoms with Crippen LogP contribution in [0.15, 0.2) is 72.8 Å². The summed E-state index contributed by atoms with van der Waals surface area (Å²) in [4.78, 5) is 22.3. The summed E-state index contributed by atoms with van der Waals surface area (Å²) in [7, 11) is 1.68. The molecular formula is C33H38O6S. The van der Waals surface area contributed by atoms with Crippen molar-refractivity contribution in [3.05, 3.63) is 101 Å². The highest BCUT2D eigenvalue weighted by atomic mass is 32.2. The molecule has 0 spiro atoms.